The number of fused-ring (bicyclic) bond motifs is 1. The van der Waals surface area contributed by atoms with Crippen LogP contribution in [-0.4, -0.2) is 19.4 Å². The van der Waals surface area contributed by atoms with E-state index < -0.39 is 11.6 Å². The van der Waals surface area contributed by atoms with Crippen LogP contribution < -0.4 is 0 Å². The summed E-state index contributed by atoms with van der Waals surface area (Å²) in [5, 5.41) is 0.508. The molecule has 0 saturated carbocycles. The van der Waals surface area contributed by atoms with E-state index in [1.165, 1.54) is 6.26 Å². The quantitative estimate of drug-likeness (QED) is 0.765. The second-order valence-corrected chi connectivity index (χ2v) is 4.22. The van der Waals surface area contributed by atoms with Gasteiger partial charge >= 0.3 is 6.18 Å². The van der Waals surface area contributed by atoms with Gasteiger partial charge in [0.15, 0.2) is 0 Å². The highest BCUT2D eigenvalue weighted by Crippen LogP contribution is 2.48. The number of ether oxygens (including phenoxy) is 1. The minimum Gasteiger partial charge on any atom is -0.464 e. The molecule has 1 aliphatic rings. The molecule has 0 bridgehead atoms. The molecule has 0 atom stereocenters. The number of hydrogen-bond acceptors (Lipinski definition) is 2. The van der Waals surface area contributed by atoms with Gasteiger partial charge in [-0.3, -0.25) is 0 Å². The summed E-state index contributed by atoms with van der Waals surface area (Å²) in [4.78, 5) is 0. The average molecular weight is 242 g/mol. The van der Waals surface area contributed by atoms with E-state index in [0.717, 1.165) is 0 Å². The SMILES string of the molecule is FC(F)(F)C1(c2coc3ccccc23)COC1. The van der Waals surface area contributed by atoms with Gasteiger partial charge in [-0.15, -0.1) is 0 Å². The standard InChI is InChI=1S/C12H9F3O2/c13-12(14,15)11(6-16-7-11)9-5-17-10-4-2-1-3-8(9)10/h1-5H,6-7H2. The Morgan fingerprint density at radius 1 is 1.12 bits per heavy atom. The van der Waals surface area contributed by atoms with E-state index in [1.54, 1.807) is 24.3 Å². The van der Waals surface area contributed by atoms with E-state index in [1.807, 2.05) is 0 Å². The van der Waals surface area contributed by atoms with Crippen molar-refractivity contribution >= 4 is 11.0 Å². The zero-order valence-electron chi connectivity index (χ0n) is 8.75. The van der Waals surface area contributed by atoms with Crippen LogP contribution in [0.2, 0.25) is 0 Å². The molecule has 1 saturated heterocycles. The van der Waals surface area contributed by atoms with Crippen LogP contribution in [0.25, 0.3) is 11.0 Å². The van der Waals surface area contributed by atoms with Crippen molar-refractivity contribution in [3.05, 3.63) is 36.1 Å². The highest BCUT2D eigenvalue weighted by Gasteiger charge is 2.62. The van der Waals surface area contributed by atoms with Crippen LogP contribution in [0.4, 0.5) is 13.2 Å². The van der Waals surface area contributed by atoms with Crippen molar-refractivity contribution in [3.63, 3.8) is 0 Å². The van der Waals surface area contributed by atoms with Crippen LogP contribution in [0.5, 0.6) is 0 Å². The number of furan rings is 1. The van der Waals surface area contributed by atoms with Gasteiger partial charge in [-0.1, -0.05) is 18.2 Å². The number of para-hydroxylation sites is 1. The fourth-order valence-electron chi connectivity index (χ4n) is 2.13. The van der Waals surface area contributed by atoms with Gasteiger partial charge in [0, 0.05) is 10.9 Å². The minimum atomic E-state index is -4.32. The number of hydrogen-bond donors (Lipinski definition) is 0. The first-order valence-electron chi connectivity index (χ1n) is 5.16. The van der Waals surface area contributed by atoms with E-state index in [2.05, 4.69) is 0 Å². The maximum Gasteiger partial charge on any atom is 0.403 e. The molecule has 5 heteroatoms. The van der Waals surface area contributed by atoms with Gasteiger partial charge in [0.2, 0.25) is 0 Å². The van der Waals surface area contributed by atoms with Crippen LogP contribution in [0.3, 0.4) is 0 Å². The van der Waals surface area contributed by atoms with E-state index in [0.29, 0.717) is 11.0 Å². The summed E-state index contributed by atoms with van der Waals surface area (Å²) >= 11 is 0. The first-order chi connectivity index (χ1) is 8.05. The molecular formula is C12H9F3O2. The van der Waals surface area contributed by atoms with Gasteiger partial charge in [-0.2, -0.15) is 13.2 Å². The maximum atomic E-state index is 13.1. The van der Waals surface area contributed by atoms with Crippen molar-refractivity contribution in [2.24, 2.45) is 0 Å². The maximum absolute atomic E-state index is 13.1. The fraction of sp³-hybridized carbons (Fsp3) is 0.333. The molecule has 1 aliphatic heterocycles. The van der Waals surface area contributed by atoms with Gasteiger partial charge in [0.25, 0.3) is 0 Å². The van der Waals surface area contributed by atoms with E-state index in [9.17, 15) is 13.2 Å². The summed E-state index contributed by atoms with van der Waals surface area (Å²) in [6, 6.07) is 6.72. The molecule has 0 spiro atoms. The van der Waals surface area contributed by atoms with Crippen molar-refractivity contribution in [3.8, 4) is 0 Å². The predicted molar refractivity (Wildman–Crippen MR) is 54.8 cm³/mol. The Hall–Kier alpha value is -1.49. The van der Waals surface area contributed by atoms with E-state index >= 15 is 0 Å². The summed E-state index contributed by atoms with van der Waals surface area (Å²) in [5.41, 5.74) is -1.26. The van der Waals surface area contributed by atoms with Crippen molar-refractivity contribution < 1.29 is 22.3 Å². The highest BCUT2D eigenvalue weighted by molar-refractivity contribution is 5.82. The number of alkyl halides is 3. The second-order valence-electron chi connectivity index (χ2n) is 4.22. The molecule has 2 aromatic rings. The Bertz CT molecular complexity index is 552. The van der Waals surface area contributed by atoms with Crippen molar-refractivity contribution in [1.29, 1.82) is 0 Å². The number of rotatable bonds is 1. The Morgan fingerprint density at radius 3 is 2.41 bits per heavy atom. The lowest BCUT2D eigenvalue weighted by atomic mass is 9.78. The molecule has 2 heterocycles. The van der Waals surface area contributed by atoms with Crippen LogP contribution in [0, 0.1) is 0 Å². The van der Waals surface area contributed by atoms with Gasteiger partial charge in [0.1, 0.15) is 11.0 Å². The molecule has 0 radical (unpaired) electrons. The molecule has 1 aromatic heterocycles. The predicted octanol–water partition coefficient (Wildman–Crippen LogP) is 3.26. The van der Waals surface area contributed by atoms with Crippen LogP contribution in [-0.2, 0) is 10.2 Å². The highest BCUT2D eigenvalue weighted by atomic mass is 19.4. The molecule has 3 rings (SSSR count). The van der Waals surface area contributed by atoms with E-state index in [4.69, 9.17) is 9.15 Å². The zero-order valence-corrected chi connectivity index (χ0v) is 8.75. The van der Waals surface area contributed by atoms with Crippen molar-refractivity contribution in [2.45, 2.75) is 11.6 Å². The fourth-order valence-corrected chi connectivity index (χ4v) is 2.13. The largest absolute Gasteiger partial charge is 0.464 e. The molecule has 0 amide bonds. The van der Waals surface area contributed by atoms with Gasteiger partial charge in [-0.05, 0) is 6.07 Å². The molecule has 1 aromatic carbocycles. The van der Waals surface area contributed by atoms with Crippen LogP contribution in [0.15, 0.2) is 34.9 Å². The van der Waals surface area contributed by atoms with Crippen molar-refractivity contribution in [1.82, 2.24) is 0 Å². The summed E-state index contributed by atoms with van der Waals surface area (Å²) in [7, 11) is 0. The molecule has 0 N–H and O–H groups in total. The van der Waals surface area contributed by atoms with E-state index in [-0.39, 0.29) is 18.8 Å². The average Bonchev–Trinajstić information content (AvgIpc) is 2.59. The topological polar surface area (TPSA) is 22.4 Å². The molecule has 1 fully saturated rings. The lowest BCUT2D eigenvalue weighted by Crippen LogP contribution is -2.57. The Kier molecular flexibility index (Phi) is 2.04. The third kappa shape index (κ3) is 1.32. The molecule has 2 nitrogen and oxygen atoms in total. The smallest absolute Gasteiger partial charge is 0.403 e. The van der Waals surface area contributed by atoms with Gasteiger partial charge < -0.3 is 9.15 Å². The third-order valence-corrected chi connectivity index (χ3v) is 3.24. The van der Waals surface area contributed by atoms with Crippen LogP contribution >= 0.6 is 0 Å². The first kappa shape index (κ1) is 10.7. The summed E-state index contributed by atoms with van der Waals surface area (Å²) in [6.07, 6.45) is -3.13. The summed E-state index contributed by atoms with van der Waals surface area (Å²) in [6.45, 7) is -0.667. The van der Waals surface area contributed by atoms with Gasteiger partial charge in [-0.25, -0.2) is 0 Å². The Morgan fingerprint density at radius 2 is 1.82 bits per heavy atom. The minimum absolute atomic E-state index is 0.173. The lowest BCUT2D eigenvalue weighted by molar-refractivity contribution is -0.261. The first-order valence-corrected chi connectivity index (χ1v) is 5.16. The van der Waals surface area contributed by atoms with Crippen LogP contribution in [0.1, 0.15) is 5.56 Å². The summed E-state index contributed by atoms with van der Waals surface area (Å²) in [5.74, 6) is 0. The number of halogens is 3. The molecular weight excluding hydrogens is 233 g/mol. The summed E-state index contributed by atoms with van der Waals surface area (Å²) < 4.78 is 49.3. The number of benzene rings is 1. The second kappa shape index (κ2) is 3.26. The monoisotopic (exact) mass is 242 g/mol. The normalized spacial score (nSPS) is 19.2. The van der Waals surface area contributed by atoms with Crippen molar-refractivity contribution in [2.75, 3.05) is 13.2 Å². The lowest BCUT2D eigenvalue weighted by Gasteiger charge is -2.42. The molecule has 17 heavy (non-hydrogen) atoms. The molecule has 90 valence electrons. The Balaban J connectivity index is 2.21. The molecule has 0 aliphatic carbocycles. The zero-order chi connectivity index (χ0) is 12.1. The molecule has 0 unspecified atom stereocenters. The van der Waals surface area contributed by atoms with Gasteiger partial charge in [0.05, 0.1) is 19.5 Å². The Labute approximate surface area is 95.0 Å². The third-order valence-electron chi connectivity index (χ3n) is 3.24.